The monoisotopic (exact) mass is 726 g/mol. The Morgan fingerprint density at radius 1 is 0.521 bits per heavy atom. The molecular weight excluding hydrogens is 677 g/mol. The van der Waals surface area contributed by atoms with Crippen LogP contribution in [0.25, 0.3) is 0 Å². The van der Waals surface area contributed by atoms with Gasteiger partial charge in [0.15, 0.2) is 0 Å². The summed E-state index contributed by atoms with van der Waals surface area (Å²) in [4.78, 5) is 0. The minimum atomic E-state index is -0.690. The van der Waals surface area contributed by atoms with Crippen molar-refractivity contribution in [3.05, 3.63) is 163 Å². The topological polar surface area (TPSA) is 0 Å². The van der Waals surface area contributed by atoms with Gasteiger partial charge in [-0.3, -0.25) is 0 Å². The maximum atomic E-state index is 2.52. The van der Waals surface area contributed by atoms with Crippen molar-refractivity contribution >= 4 is 60.9 Å². The minimum Gasteiger partial charge on any atom is -0.213 e. The molecule has 0 unspecified atom stereocenters. The van der Waals surface area contributed by atoms with E-state index in [-0.39, 0.29) is 30.4 Å². The first kappa shape index (κ1) is 38.2. The molecule has 248 valence electrons. The third kappa shape index (κ3) is 9.54. The first-order chi connectivity index (χ1) is 22.6. The van der Waals surface area contributed by atoms with Crippen molar-refractivity contribution in [3.8, 4) is 0 Å². The van der Waals surface area contributed by atoms with E-state index in [2.05, 4.69) is 206 Å². The zero-order valence-corrected chi connectivity index (χ0v) is 33.1. The summed E-state index contributed by atoms with van der Waals surface area (Å²) in [5, 5.41) is 10.1. The van der Waals surface area contributed by atoms with E-state index in [0.717, 1.165) is 11.3 Å². The van der Waals surface area contributed by atoms with Crippen molar-refractivity contribution in [1.29, 1.82) is 0 Å². The van der Waals surface area contributed by atoms with Crippen LogP contribution in [0.2, 0.25) is 0 Å². The number of rotatable bonds is 9. The van der Waals surface area contributed by atoms with Gasteiger partial charge in [0.05, 0.1) is 0 Å². The second kappa shape index (κ2) is 17.9. The van der Waals surface area contributed by atoms with Gasteiger partial charge >= 0.3 is 17.1 Å². The fourth-order valence-electron chi connectivity index (χ4n) is 6.17. The molecule has 0 heterocycles. The van der Waals surface area contributed by atoms with Crippen LogP contribution < -0.4 is 37.1 Å². The van der Waals surface area contributed by atoms with Crippen LogP contribution in [0.5, 0.6) is 0 Å². The fourth-order valence-corrected chi connectivity index (χ4v) is 14.4. The molecule has 0 aromatic heterocycles. The van der Waals surface area contributed by atoms with Crippen LogP contribution in [0.15, 0.2) is 158 Å². The summed E-state index contributed by atoms with van der Waals surface area (Å²) in [7, 11) is -1.32. The Kier molecular flexibility index (Phi) is 14.2. The van der Waals surface area contributed by atoms with E-state index in [4.69, 9.17) is 0 Å². The summed E-state index contributed by atoms with van der Waals surface area (Å²) >= 11 is 0. The van der Waals surface area contributed by atoms with Gasteiger partial charge in [0, 0.05) is 0 Å². The number of hydrogen-bond donors (Lipinski definition) is 0. The second-order valence-corrected chi connectivity index (χ2v) is 21.3. The molecule has 48 heavy (non-hydrogen) atoms. The van der Waals surface area contributed by atoms with Crippen LogP contribution in [0.4, 0.5) is 0 Å². The zero-order valence-electron chi connectivity index (χ0n) is 29.4. The second-order valence-electron chi connectivity index (χ2n) is 13.5. The maximum absolute atomic E-state index is 2.52. The third-order valence-electron chi connectivity index (χ3n) is 8.31. The Morgan fingerprint density at radius 2 is 0.896 bits per heavy atom. The molecule has 0 amide bonds. The molecule has 0 aliphatic rings. The minimum absolute atomic E-state index is 0. The van der Waals surface area contributed by atoms with Gasteiger partial charge in [-0.2, -0.15) is 23.8 Å². The molecule has 6 rings (SSSR count). The number of benzene rings is 4. The van der Waals surface area contributed by atoms with Crippen molar-refractivity contribution in [2.24, 2.45) is 0 Å². The molecule has 0 atom stereocenters. The van der Waals surface area contributed by atoms with Gasteiger partial charge in [0.2, 0.25) is 0 Å². The summed E-state index contributed by atoms with van der Waals surface area (Å²) in [6.45, 7) is 16.3. The predicted molar refractivity (Wildman–Crippen MR) is 217 cm³/mol. The SMILES string of the molecule is CC(C)(C)c1cc(P(c2ccccc2)c2ccccc2)[c-](P(c2ccccc2)c2ccccc2)c1.CC(C)P([c-]1cccc1)C(C)C.[Fe+2]. The van der Waals surface area contributed by atoms with Crippen LogP contribution >= 0.6 is 23.8 Å². The Labute approximate surface area is 304 Å². The average Bonchev–Trinajstić information content (AvgIpc) is 3.75. The summed E-state index contributed by atoms with van der Waals surface area (Å²) in [5.41, 5.74) is 3.11. The molecule has 0 fully saturated rings. The van der Waals surface area contributed by atoms with Gasteiger partial charge in [-0.05, 0) is 40.5 Å². The zero-order chi connectivity index (χ0) is 33.4. The average molecular weight is 727 g/mol. The molecule has 0 saturated heterocycles. The molecule has 0 spiro atoms. The van der Waals surface area contributed by atoms with E-state index in [1.54, 1.807) is 5.30 Å². The Morgan fingerprint density at radius 3 is 1.25 bits per heavy atom. The standard InChI is InChI=1S/C33H31P2.C11H18P.Fe/c1-33(2,3)26-24-31(34(27-16-8-4-9-17-27)28-18-10-5-11-19-28)32(25-26)35(29-20-12-6-13-21-29)30-22-14-7-15-23-30;1-9(2)12(10(3)4)11-7-5-6-8-11;/h4-25H,1-3H3;5-10H,1-4H3;/q2*-1;+2. The summed E-state index contributed by atoms with van der Waals surface area (Å²) in [5.74, 6) is 0. The van der Waals surface area contributed by atoms with E-state index in [1.165, 1.54) is 37.4 Å². The molecule has 0 bridgehead atoms. The molecule has 0 saturated carbocycles. The van der Waals surface area contributed by atoms with E-state index in [0.29, 0.717) is 0 Å². The van der Waals surface area contributed by atoms with Crippen molar-refractivity contribution in [2.75, 3.05) is 0 Å². The quantitative estimate of drug-likeness (QED) is 0.0792. The van der Waals surface area contributed by atoms with Gasteiger partial charge < -0.3 is 0 Å². The molecular formula is C44H49FeP3. The molecule has 4 heteroatoms. The molecule has 6 aromatic rings. The summed E-state index contributed by atoms with van der Waals surface area (Å²) < 4.78 is 0. The van der Waals surface area contributed by atoms with Gasteiger partial charge in [0.1, 0.15) is 0 Å². The third-order valence-corrected chi connectivity index (χ3v) is 16.6. The van der Waals surface area contributed by atoms with Gasteiger partial charge in [-0.1, -0.05) is 183 Å². The van der Waals surface area contributed by atoms with Crippen molar-refractivity contribution < 1.29 is 17.1 Å². The van der Waals surface area contributed by atoms with Crippen molar-refractivity contribution in [1.82, 2.24) is 0 Å². The summed E-state index contributed by atoms with van der Waals surface area (Å²) in [6, 6.07) is 58.2. The summed E-state index contributed by atoms with van der Waals surface area (Å²) in [6.07, 6.45) is 0. The Hall–Kier alpha value is -2.61. The van der Waals surface area contributed by atoms with E-state index in [1.807, 2.05) is 0 Å². The van der Waals surface area contributed by atoms with Crippen LogP contribution in [0.3, 0.4) is 0 Å². The molecule has 0 N–H and O–H groups in total. The van der Waals surface area contributed by atoms with Gasteiger partial charge in [0.25, 0.3) is 0 Å². The normalized spacial score (nSPS) is 11.6. The fraction of sp³-hybridized carbons (Fsp3) is 0.227. The first-order valence-electron chi connectivity index (χ1n) is 16.8. The molecule has 0 nitrogen and oxygen atoms in total. The Bertz CT molecular complexity index is 1560. The predicted octanol–water partition coefficient (Wildman–Crippen LogP) is 9.55. The molecule has 0 aliphatic carbocycles. The molecule has 0 radical (unpaired) electrons. The Balaban J connectivity index is 0.000000340. The van der Waals surface area contributed by atoms with E-state index >= 15 is 0 Å². The first-order valence-corrected chi connectivity index (χ1v) is 20.9. The van der Waals surface area contributed by atoms with Crippen LogP contribution in [-0.2, 0) is 22.5 Å². The van der Waals surface area contributed by atoms with E-state index < -0.39 is 15.8 Å². The largest absolute Gasteiger partial charge is 2.00 e. The van der Waals surface area contributed by atoms with E-state index in [9.17, 15) is 0 Å². The van der Waals surface area contributed by atoms with Crippen molar-refractivity contribution in [2.45, 2.75) is 65.2 Å². The van der Waals surface area contributed by atoms with Gasteiger partial charge in [-0.15, -0.1) is 23.8 Å². The maximum Gasteiger partial charge on any atom is 2.00 e. The van der Waals surface area contributed by atoms with Crippen molar-refractivity contribution in [3.63, 3.8) is 0 Å². The number of hydrogen-bond acceptors (Lipinski definition) is 0. The van der Waals surface area contributed by atoms with Gasteiger partial charge in [-0.25, -0.2) is 18.2 Å². The molecule has 0 aliphatic heterocycles. The smallest absolute Gasteiger partial charge is 0.213 e. The van der Waals surface area contributed by atoms with Crippen LogP contribution in [0, 0.1) is 0 Å². The molecule has 6 aromatic carbocycles. The van der Waals surface area contributed by atoms with Crippen LogP contribution in [0.1, 0.15) is 54.0 Å². The van der Waals surface area contributed by atoms with Crippen LogP contribution in [-0.4, -0.2) is 11.3 Å².